The van der Waals surface area contributed by atoms with Crippen LogP contribution >= 0.6 is 0 Å². The van der Waals surface area contributed by atoms with E-state index in [0.29, 0.717) is 19.3 Å². The number of hydrogen-bond acceptors (Lipinski definition) is 5. The molecule has 0 aliphatic heterocycles. The Morgan fingerprint density at radius 1 is 1.21 bits per heavy atom. The van der Waals surface area contributed by atoms with Crippen LogP contribution in [0.2, 0.25) is 0 Å². The maximum absolute atomic E-state index is 13.8. The van der Waals surface area contributed by atoms with E-state index in [9.17, 15) is 18.4 Å². The molecule has 0 saturated heterocycles. The van der Waals surface area contributed by atoms with Crippen LogP contribution in [0.1, 0.15) is 42.5 Å². The van der Waals surface area contributed by atoms with E-state index < -0.39 is 11.6 Å². The molecule has 1 aliphatic rings. The summed E-state index contributed by atoms with van der Waals surface area (Å²) in [4.78, 5) is 21.8. The summed E-state index contributed by atoms with van der Waals surface area (Å²) in [6, 6.07) is 1.74. The highest BCUT2D eigenvalue weighted by Gasteiger charge is 2.25. The van der Waals surface area contributed by atoms with Crippen molar-refractivity contribution in [2.45, 2.75) is 38.2 Å². The summed E-state index contributed by atoms with van der Waals surface area (Å²) in [6.07, 6.45) is 3.30. The number of aliphatic hydroxyl groups is 1. The molecule has 134 valence electrons. The van der Waals surface area contributed by atoms with E-state index >= 15 is 0 Å². The van der Waals surface area contributed by atoms with Gasteiger partial charge < -0.3 is 14.6 Å². The molecule has 1 aromatic rings. The van der Waals surface area contributed by atoms with Gasteiger partial charge in [0.2, 0.25) is 0 Å². The number of aliphatic hydroxyl groups excluding tert-OH is 1. The van der Waals surface area contributed by atoms with Crippen LogP contribution in [0, 0.1) is 17.6 Å². The summed E-state index contributed by atoms with van der Waals surface area (Å²) in [5, 5.41) is 7.00. The number of hydrogen-bond donors (Lipinski definition) is 1. The number of methoxy groups -OCH3 is 1. The van der Waals surface area contributed by atoms with Crippen molar-refractivity contribution in [3.8, 4) is 5.75 Å². The zero-order valence-electron chi connectivity index (χ0n) is 13.8. The fraction of sp³-hybridized carbons (Fsp3) is 0.529. The molecule has 0 atom stereocenters. The summed E-state index contributed by atoms with van der Waals surface area (Å²) < 4.78 is 37.4. The predicted octanol–water partition coefficient (Wildman–Crippen LogP) is 2.89. The topological polar surface area (TPSA) is 72.8 Å². The highest BCUT2D eigenvalue weighted by Crippen LogP contribution is 2.31. The van der Waals surface area contributed by atoms with Crippen LogP contribution < -0.4 is 4.74 Å². The molecule has 0 bridgehead atoms. The van der Waals surface area contributed by atoms with Gasteiger partial charge >= 0.3 is 5.97 Å². The van der Waals surface area contributed by atoms with Crippen molar-refractivity contribution in [2.24, 2.45) is 5.92 Å². The predicted molar refractivity (Wildman–Crippen MR) is 82.9 cm³/mol. The van der Waals surface area contributed by atoms with Crippen molar-refractivity contribution < 1.29 is 33.0 Å². The van der Waals surface area contributed by atoms with Crippen LogP contribution in [0.5, 0.6) is 5.75 Å². The smallest absolute Gasteiger partial charge is 0.305 e. The third kappa shape index (κ3) is 5.56. The fourth-order valence-corrected chi connectivity index (χ4v) is 2.68. The molecule has 2 rings (SSSR count). The lowest BCUT2D eigenvalue weighted by atomic mass is 9.85. The minimum Gasteiger partial charge on any atom is -0.487 e. The molecule has 1 saturated carbocycles. The third-order valence-electron chi connectivity index (χ3n) is 3.95. The van der Waals surface area contributed by atoms with Crippen molar-refractivity contribution in [3.05, 3.63) is 29.3 Å². The lowest BCUT2D eigenvalue weighted by Crippen LogP contribution is -2.26. The maximum Gasteiger partial charge on any atom is 0.305 e. The number of carbonyl (C=O) groups excluding carboxylic acids is 2. The Labute approximate surface area is 139 Å². The highest BCUT2D eigenvalue weighted by molar-refractivity contribution is 5.75. The minimum absolute atomic E-state index is 0.181. The number of rotatable bonds is 5. The van der Waals surface area contributed by atoms with Crippen molar-refractivity contribution in [3.63, 3.8) is 0 Å². The van der Waals surface area contributed by atoms with Gasteiger partial charge in [-0.3, -0.25) is 9.59 Å². The van der Waals surface area contributed by atoms with Gasteiger partial charge in [-0.05, 0) is 37.7 Å². The zero-order valence-corrected chi connectivity index (χ0v) is 13.8. The number of ether oxygens (including phenoxy) is 2. The SMILES string of the molecule is CO.COC(=O)CC1CCC(Oc2cc(F)c(C=O)cc2F)CC1. The molecule has 7 heteroatoms. The van der Waals surface area contributed by atoms with Crippen molar-refractivity contribution in [1.82, 2.24) is 0 Å². The lowest BCUT2D eigenvalue weighted by Gasteiger charge is -2.28. The Bertz CT molecular complexity index is 554. The number of esters is 1. The van der Waals surface area contributed by atoms with Gasteiger partial charge in [0, 0.05) is 19.6 Å². The minimum atomic E-state index is -0.800. The summed E-state index contributed by atoms with van der Waals surface area (Å²) in [7, 11) is 2.36. The molecule has 1 fully saturated rings. The molecule has 0 radical (unpaired) electrons. The van der Waals surface area contributed by atoms with Gasteiger partial charge in [-0.1, -0.05) is 0 Å². The molecule has 1 aromatic carbocycles. The van der Waals surface area contributed by atoms with E-state index in [0.717, 1.165) is 32.1 Å². The molecule has 24 heavy (non-hydrogen) atoms. The fourth-order valence-electron chi connectivity index (χ4n) is 2.68. The van der Waals surface area contributed by atoms with Gasteiger partial charge in [-0.15, -0.1) is 0 Å². The molecule has 0 aromatic heterocycles. The van der Waals surface area contributed by atoms with Crippen LogP contribution in [0.25, 0.3) is 0 Å². The van der Waals surface area contributed by atoms with Crippen LogP contribution in [0.3, 0.4) is 0 Å². The lowest BCUT2D eigenvalue weighted by molar-refractivity contribution is -0.142. The summed E-state index contributed by atoms with van der Waals surface area (Å²) in [5.41, 5.74) is -0.327. The summed E-state index contributed by atoms with van der Waals surface area (Å²) in [6.45, 7) is 0. The molecule has 0 amide bonds. The molecular formula is C17H22F2O5. The normalized spacial score (nSPS) is 19.7. The molecule has 0 spiro atoms. The average Bonchev–Trinajstić information content (AvgIpc) is 2.61. The second-order valence-corrected chi connectivity index (χ2v) is 5.46. The largest absolute Gasteiger partial charge is 0.487 e. The van der Waals surface area contributed by atoms with Crippen LogP contribution in [0.4, 0.5) is 8.78 Å². The van der Waals surface area contributed by atoms with E-state index in [1.165, 1.54) is 7.11 Å². The number of benzene rings is 1. The Kier molecular flexibility index (Phi) is 8.32. The quantitative estimate of drug-likeness (QED) is 0.657. The first-order valence-corrected chi connectivity index (χ1v) is 7.66. The average molecular weight is 344 g/mol. The first-order chi connectivity index (χ1) is 11.5. The Morgan fingerprint density at radius 3 is 2.38 bits per heavy atom. The first kappa shape index (κ1) is 20.0. The molecule has 0 unspecified atom stereocenters. The van der Waals surface area contributed by atoms with Gasteiger partial charge in [0.1, 0.15) is 5.82 Å². The molecule has 5 nitrogen and oxygen atoms in total. The van der Waals surface area contributed by atoms with E-state index in [2.05, 4.69) is 4.74 Å². The Balaban J connectivity index is 0.00000139. The van der Waals surface area contributed by atoms with Crippen molar-refractivity contribution in [2.75, 3.05) is 14.2 Å². The van der Waals surface area contributed by atoms with E-state index in [-0.39, 0.29) is 35.6 Å². The van der Waals surface area contributed by atoms with Gasteiger partial charge in [-0.2, -0.15) is 0 Å². The van der Waals surface area contributed by atoms with E-state index in [1.54, 1.807) is 0 Å². The first-order valence-electron chi connectivity index (χ1n) is 7.66. The maximum atomic E-state index is 13.8. The van der Waals surface area contributed by atoms with Crippen molar-refractivity contribution >= 4 is 12.3 Å². The second kappa shape index (κ2) is 9.97. The molecular weight excluding hydrogens is 322 g/mol. The Hall–Kier alpha value is -2.02. The zero-order chi connectivity index (χ0) is 18.1. The standard InChI is InChI=1S/C16H18F2O4.CH4O/c1-21-16(20)6-10-2-4-12(5-3-10)22-15-8-13(17)11(9-19)7-14(15)18;1-2/h7-10,12H,2-6H2,1H3;2H,1H3. The van der Waals surface area contributed by atoms with Gasteiger partial charge in [0.05, 0.1) is 18.8 Å². The number of halogens is 2. The van der Waals surface area contributed by atoms with Gasteiger partial charge in [0.15, 0.2) is 17.9 Å². The van der Waals surface area contributed by atoms with E-state index in [1.807, 2.05) is 0 Å². The second-order valence-electron chi connectivity index (χ2n) is 5.46. The Morgan fingerprint density at radius 2 is 1.83 bits per heavy atom. The number of aldehydes is 1. The van der Waals surface area contributed by atoms with Crippen LogP contribution in [-0.2, 0) is 9.53 Å². The van der Waals surface area contributed by atoms with E-state index in [4.69, 9.17) is 9.84 Å². The number of carbonyl (C=O) groups is 2. The van der Waals surface area contributed by atoms with Gasteiger partial charge in [0.25, 0.3) is 0 Å². The summed E-state index contributed by atoms with van der Waals surface area (Å²) in [5.74, 6) is -1.72. The third-order valence-corrected chi connectivity index (χ3v) is 3.95. The monoisotopic (exact) mass is 344 g/mol. The summed E-state index contributed by atoms with van der Waals surface area (Å²) >= 11 is 0. The van der Waals surface area contributed by atoms with Gasteiger partial charge in [-0.25, -0.2) is 8.78 Å². The molecule has 1 N–H and O–H groups in total. The van der Waals surface area contributed by atoms with Crippen molar-refractivity contribution in [1.29, 1.82) is 0 Å². The molecule has 0 heterocycles. The van der Waals surface area contributed by atoms with Crippen LogP contribution in [-0.4, -0.2) is 37.7 Å². The molecule has 1 aliphatic carbocycles. The van der Waals surface area contributed by atoms with Crippen LogP contribution in [0.15, 0.2) is 12.1 Å². The highest BCUT2D eigenvalue weighted by atomic mass is 19.1.